The van der Waals surface area contributed by atoms with Crippen molar-refractivity contribution in [3.63, 3.8) is 0 Å². The second-order valence-electron chi connectivity index (χ2n) is 8.40. The summed E-state index contributed by atoms with van der Waals surface area (Å²) in [5.41, 5.74) is 3.97. The average molecular weight is 527 g/mol. The molecule has 1 N–H and O–H groups in total. The van der Waals surface area contributed by atoms with Crippen molar-refractivity contribution in [2.75, 3.05) is 6.61 Å². The van der Waals surface area contributed by atoms with Crippen LogP contribution in [0.1, 0.15) is 16.7 Å². The quantitative estimate of drug-likeness (QED) is 0.252. The SMILES string of the molecule is Cc1cc(OCc2cc(-c3ccc(Cl)cc3)cc(-c3ccc(C(F)(F)F)cc3)c2)ccc1OCC(=O)O. The van der Waals surface area contributed by atoms with Crippen LogP contribution in [0.5, 0.6) is 11.5 Å². The van der Waals surface area contributed by atoms with Crippen LogP contribution in [0, 0.1) is 6.92 Å². The number of benzene rings is 4. The first kappa shape index (κ1) is 26.1. The zero-order valence-electron chi connectivity index (χ0n) is 19.7. The monoisotopic (exact) mass is 526 g/mol. The number of halogens is 4. The molecule has 8 heteroatoms. The molecule has 4 aromatic carbocycles. The van der Waals surface area contributed by atoms with E-state index in [-0.39, 0.29) is 6.61 Å². The standard InChI is InChI=1S/C29H22ClF3O4/c1-18-12-26(10-11-27(18)37-17-28(34)35)36-16-19-13-22(20-2-6-24(7-3-20)29(31,32)33)15-23(14-19)21-4-8-25(30)9-5-21/h2-15H,16-17H2,1H3,(H,34,35). The Hall–Kier alpha value is -3.97. The summed E-state index contributed by atoms with van der Waals surface area (Å²) in [6.45, 7) is 1.54. The van der Waals surface area contributed by atoms with Crippen LogP contribution in [0.25, 0.3) is 22.3 Å². The lowest BCUT2D eigenvalue weighted by Crippen LogP contribution is -2.10. The fourth-order valence-electron chi connectivity index (χ4n) is 3.78. The Morgan fingerprint density at radius 2 is 1.41 bits per heavy atom. The molecule has 37 heavy (non-hydrogen) atoms. The van der Waals surface area contributed by atoms with E-state index in [0.29, 0.717) is 22.1 Å². The zero-order chi connectivity index (χ0) is 26.6. The maximum absolute atomic E-state index is 13.0. The Balaban J connectivity index is 1.62. The minimum absolute atomic E-state index is 0.198. The number of carboxylic acid groups (broad SMARTS) is 1. The zero-order valence-corrected chi connectivity index (χ0v) is 20.4. The van der Waals surface area contributed by atoms with Gasteiger partial charge in [-0.05, 0) is 101 Å². The van der Waals surface area contributed by atoms with Crippen LogP contribution >= 0.6 is 11.6 Å². The van der Waals surface area contributed by atoms with Gasteiger partial charge in [-0.2, -0.15) is 13.2 Å². The van der Waals surface area contributed by atoms with E-state index in [1.165, 1.54) is 12.1 Å². The molecule has 0 unspecified atom stereocenters. The average Bonchev–Trinajstić information content (AvgIpc) is 2.86. The maximum atomic E-state index is 13.0. The van der Waals surface area contributed by atoms with Gasteiger partial charge in [0.25, 0.3) is 0 Å². The van der Waals surface area contributed by atoms with Gasteiger partial charge in [0.1, 0.15) is 18.1 Å². The number of alkyl halides is 3. The van der Waals surface area contributed by atoms with Gasteiger partial charge < -0.3 is 14.6 Å². The lowest BCUT2D eigenvalue weighted by atomic mass is 9.95. The number of carboxylic acids is 1. The number of ether oxygens (including phenoxy) is 2. The summed E-state index contributed by atoms with van der Waals surface area (Å²) in [4.78, 5) is 10.7. The molecule has 190 valence electrons. The number of hydrogen-bond donors (Lipinski definition) is 1. The van der Waals surface area contributed by atoms with E-state index in [2.05, 4.69) is 0 Å². The van der Waals surface area contributed by atoms with Crippen molar-refractivity contribution in [2.24, 2.45) is 0 Å². The van der Waals surface area contributed by atoms with Crippen molar-refractivity contribution in [3.05, 3.63) is 107 Å². The van der Waals surface area contributed by atoms with E-state index < -0.39 is 24.3 Å². The number of hydrogen-bond acceptors (Lipinski definition) is 3. The second-order valence-corrected chi connectivity index (χ2v) is 8.84. The first-order valence-electron chi connectivity index (χ1n) is 11.2. The van der Waals surface area contributed by atoms with Gasteiger partial charge in [-0.15, -0.1) is 0 Å². The number of aliphatic carboxylic acids is 1. The third-order valence-electron chi connectivity index (χ3n) is 5.62. The molecule has 0 radical (unpaired) electrons. The van der Waals surface area contributed by atoms with Crippen molar-refractivity contribution in [1.82, 2.24) is 0 Å². The maximum Gasteiger partial charge on any atom is 0.416 e. The topological polar surface area (TPSA) is 55.8 Å². The van der Waals surface area contributed by atoms with E-state index in [0.717, 1.165) is 39.9 Å². The first-order valence-corrected chi connectivity index (χ1v) is 11.6. The smallest absolute Gasteiger partial charge is 0.416 e. The van der Waals surface area contributed by atoms with Crippen molar-refractivity contribution in [2.45, 2.75) is 19.7 Å². The Labute approximate surface area is 216 Å². The molecule has 0 aromatic heterocycles. The van der Waals surface area contributed by atoms with Gasteiger partial charge in [0.15, 0.2) is 6.61 Å². The number of aryl methyl sites for hydroxylation is 1. The van der Waals surface area contributed by atoms with Crippen LogP contribution in [0.15, 0.2) is 84.9 Å². The summed E-state index contributed by atoms with van der Waals surface area (Å²) < 4.78 is 50.3. The molecule has 0 aliphatic heterocycles. The van der Waals surface area contributed by atoms with E-state index >= 15 is 0 Å². The van der Waals surface area contributed by atoms with Gasteiger partial charge in [0.2, 0.25) is 0 Å². The molecule has 4 rings (SSSR count). The van der Waals surface area contributed by atoms with Crippen LogP contribution in [-0.2, 0) is 17.6 Å². The van der Waals surface area contributed by atoms with Gasteiger partial charge in [-0.1, -0.05) is 35.9 Å². The molecule has 0 atom stereocenters. The van der Waals surface area contributed by atoms with Crippen molar-refractivity contribution >= 4 is 17.6 Å². The highest BCUT2D eigenvalue weighted by molar-refractivity contribution is 6.30. The minimum atomic E-state index is -4.41. The Bertz CT molecular complexity index is 1400. The van der Waals surface area contributed by atoms with Gasteiger partial charge in [0.05, 0.1) is 5.56 Å². The predicted octanol–water partition coefficient (Wildman–Crippen LogP) is 8.04. The third-order valence-corrected chi connectivity index (χ3v) is 5.87. The second kappa shape index (κ2) is 11.0. The minimum Gasteiger partial charge on any atom is -0.489 e. The fraction of sp³-hybridized carbons (Fsp3) is 0.138. The summed E-state index contributed by atoms with van der Waals surface area (Å²) in [5, 5.41) is 9.39. The van der Waals surface area contributed by atoms with E-state index in [4.69, 9.17) is 26.2 Å². The summed E-state index contributed by atoms with van der Waals surface area (Å²) >= 11 is 6.04. The molecule has 0 amide bonds. The van der Waals surface area contributed by atoms with E-state index in [1.54, 1.807) is 37.3 Å². The fourth-order valence-corrected chi connectivity index (χ4v) is 3.91. The van der Waals surface area contributed by atoms with Crippen molar-refractivity contribution in [1.29, 1.82) is 0 Å². The molecule has 0 heterocycles. The molecule has 4 aromatic rings. The molecule has 0 aliphatic rings. The highest BCUT2D eigenvalue weighted by Crippen LogP contribution is 2.33. The summed E-state index contributed by atoms with van der Waals surface area (Å²) in [6, 6.07) is 23.1. The van der Waals surface area contributed by atoms with Gasteiger partial charge in [-0.25, -0.2) is 4.79 Å². The Morgan fingerprint density at radius 1 is 0.811 bits per heavy atom. The van der Waals surface area contributed by atoms with Crippen LogP contribution in [0.4, 0.5) is 13.2 Å². The number of carbonyl (C=O) groups is 1. The molecule has 0 spiro atoms. The predicted molar refractivity (Wildman–Crippen MR) is 136 cm³/mol. The van der Waals surface area contributed by atoms with Gasteiger partial charge in [0, 0.05) is 5.02 Å². The van der Waals surface area contributed by atoms with Crippen LogP contribution in [0.2, 0.25) is 5.02 Å². The normalized spacial score (nSPS) is 11.3. The van der Waals surface area contributed by atoms with E-state index in [1.807, 2.05) is 30.3 Å². The summed E-state index contributed by atoms with van der Waals surface area (Å²) in [7, 11) is 0. The van der Waals surface area contributed by atoms with Crippen molar-refractivity contribution in [3.8, 4) is 33.8 Å². The molecule has 0 bridgehead atoms. The highest BCUT2D eigenvalue weighted by atomic mass is 35.5. The van der Waals surface area contributed by atoms with Crippen LogP contribution in [-0.4, -0.2) is 17.7 Å². The lowest BCUT2D eigenvalue weighted by molar-refractivity contribution is -0.139. The van der Waals surface area contributed by atoms with Gasteiger partial charge >= 0.3 is 12.1 Å². The number of rotatable bonds is 8. The van der Waals surface area contributed by atoms with Crippen LogP contribution in [0.3, 0.4) is 0 Å². The molecule has 0 saturated heterocycles. The molecule has 0 saturated carbocycles. The molecular weight excluding hydrogens is 505 g/mol. The third kappa shape index (κ3) is 6.83. The Kier molecular flexibility index (Phi) is 7.74. The lowest BCUT2D eigenvalue weighted by Gasteiger charge is -2.14. The molecule has 0 aliphatic carbocycles. The Morgan fingerprint density at radius 3 is 1.95 bits per heavy atom. The van der Waals surface area contributed by atoms with Gasteiger partial charge in [-0.3, -0.25) is 0 Å². The molecule has 4 nitrogen and oxygen atoms in total. The largest absolute Gasteiger partial charge is 0.489 e. The van der Waals surface area contributed by atoms with Crippen molar-refractivity contribution < 1.29 is 32.5 Å². The van der Waals surface area contributed by atoms with Crippen LogP contribution < -0.4 is 9.47 Å². The molecular formula is C29H22ClF3O4. The van der Waals surface area contributed by atoms with E-state index in [9.17, 15) is 18.0 Å². The summed E-state index contributed by atoms with van der Waals surface area (Å²) in [5.74, 6) is -0.0543. The summed E-state index contributed by atoms with van der Waals surface area (Å²) in [6.07, 6.45) is -4.41. The highest BCUT2D eigenvalue weighted by Gasteiger charge is 2.30. The first-order chi connectivity index (χ1) is 17.6. The molecule has 0 fully saturated rings.